The summed E-state index contributed by atoms with van der Waals surface area (Å²) in [6.07, 6.45) is 0. The van der Waals surface area contributed by atoms with E-state index in [1.54, 1.807) is 7.05 Å². The molecule has 1 fully saturated rings. The third-order valence-corrected chi connectivity index (χ3v) is 3.26. The number of carboxylic acids is 1. The van der Waals surface area contributed by atoms with Crippen LogP contribution in [-0.4, -0.2) is 43.3 Å². The molecule has 0 spiro atoms. The van der Waals surface area contributed by atoms with Gasteiger partial charge in [-0.25, -0.2) is 9.18 Å². The fourth-order valence-electron chi connectivity index (χ4n) is 2.08. The highest BCUT2D eigenvalue weighted by Crippen LogP contribution is 2.20. The molecule has 1 aliphatic rings. The van der Waals surface area contributed by atoms with Gasteiger partial charge in [0.1, 0.15) is 5.82 Å². The van der Waals surface area contributed by atoms with E-state index in [2.05, 4.69) is 10.6 Å². The molecule has 2 unspecified atom stereocenters. The Hall–Kier alpha value is -1.99. The predicted octanol–water partition coefficient (Wildman–Crippen LogP) is 0.697. The number of benzene rings is 1. The van der Waals surface area contributed by atoms with Crippen LogP contribution in [0.3, 0.4) is 0 Å². The van der Waals surface area contributed by atoms with Gasteiger partial charge in [-0.2, -0.15) is 0 Å². The monoisotopic (exact) mass is 282 g/mol. The Morgan fingerprint density at radius 3 is 2.80 bits per heavy atom. The van der Waals surface area contributed by atoms with Crippen molar-refractivity contribution >= 4 is 17.6 Å². The van der Waals surface area contributed by atoms with E-state index in [9.17, 15) is 14.0 Å². The van der Waals surface area contributed by atoms with E-state index in [4.69, 9.17) is 9.84 Å². The molecule has 1 aromatic rings. The van der Waals surface area contributed by atoms with E-state index in [1.807, 2.05) is 0 Å². The normalized spacial score (nSPS) is 21.7. The number of halogens is 1. The number of likely N-dealkylation sites (N-methyl/N-ethyl adjacent to an activating group) is 1. The number of hydrogen-bond acceptors (Lipinski definition) is 4. The minimum Gasteiger partial charge on any atom is -0.478 e. The Bertz CT molecular complexity index is 535. The van der Waals surface area contributed by atoms with E-state index in [0.717, 1.165) is 18.2 Å². The maximum atomic E-state index is 13.6. The summed E-state index contributed by atoms with van der Waals surface area (Å²) < 4.78 is 18.8. The van der Waals surface area contributed by atoms with Crippen molar-refractivity contribution in [3.8, 4) is 0 Å². The van der Waals surface area contributed by atoms with Gasteiger partial charge in [0.2, 0.25) is 5.91 Å². The molecule has 0 aliphatic carbocycles. The standard InChI is InChI=1S/C13H15FN2O4/c1-15-11-6-20-5-8(11)12(17)16-10-4-7(13(18)19)2-3-9(10)14/h2-4,8,11,15H,5-6H2,1H3,(H,16,17)(H,18,19). The van der Waals surface area contributed by atoms with Gasteiger partial charge in [-0.3, -0.25) is 4.79 Å². The van der Waals surface area contributed by atoms with Gasteiger partial charge in [-0.15, -0.1) is 0 Å². The molecule has 0 radical (unpaired) electrons. The summed E-state index contributed by atoms with van der Waals surface area (Å²) in [7, 11) is 1.71. The average molecular weight is 282 g/mol. The molecule has 0 aromatic heterocycles. The van der Waals surface area contributed by atoms with Gasteiger partial charge in [0, 0.05) is 6.04 Å². The number of carbonyl (C=O) groups excluding carboxylic acids is 1. The van der Waals surface area contributed by atoms with Crippen molar-refractivity contribution in [1.29, 1.82) is 0 Å². The largest absolute Gasteiger partial charge is 0.478 e. The summed E-state index contributed by atoms with van der Waals surface area (Å²) in [5, 5.41) is 14.2. The Labute approximate surface area is 114 Å². The highest BCUT2D eigenvalue weighted by atomic mass is 19.1. The molecule has 1 aromatic carbocycles. The van der Waals surface area contributed by atoms with Crippen LogP contribution in [0.2, 0.25) is 0 Å². The molecule has 3 N–H and O–H groups in total. The van der Waals surface area contributed by atoms with Gasteiger partial charge in [0.05, 0.1) is 30.4 Å². The number of nitrogens with one attached hydrogen (secondary N) is 2. The SMILES string of the molecule is CNC1COCC1C(=O)Nc1cc(C(=O)O)ccc1F. The topological polar surface area (TPSA) is 87.7 Å². The van der Waals surface area contributed by atoms with E-state index < -0.39 is 23.6 Å². The number of aromatic carboxylic acids is 1. The number of anilines is 1. The predicted molar refractivity (Wildman–Crippen MR) is 69.1 cm³/mol. The second-order valence-electron chi connectivity index (χ2n) is 4.53. The molecule has 2 rings (SSSR count). The van der Waals surface area contributed by atoms with Gasteiger partial charge in [0.25, 0.3) is 0 Å². The van der Waals surface area contributed by atoms with Crippen LogP contribution in [0.25, 0.3) is 0 Å². The van der Waals surface area contributed by atoms with Crippen LogP contribution in [-0.2, 0) is 9.53 Å². The summed E-state index contributed by atoms with van der Waals surface area (Å²) in [5.41, 5.74) is -0.230. The van der Waals surface area contributed by atoms with Crippen molar-refractivity contribution in [2.45, 2.75) is 6.04 Å². The summed E-state index contributed by atoms with van der Waals surface area (Å²) in [6.45, 7) is 0.657. The number of amides is 1. The first kappa shape index (κ1) is 14.4. The Morgan fingerprint density at radius 1 is 1.40 bits per heavy atom. The first-order chi connectivity index (χ1) is 9.52. The van der Waals surface area contributed by atoms with Gasteiger partial charge < -0.3 is 20.5 Å². The fourth-order valence-corrected chi connectivity index (χ4v) is 2.08. The summed E-state index contributed by atoms with van der Waals surface area (Å²) in [6, 6.07) is 3.11. The number of rotatable bonds is 4. The molecule has 6 nitrogen and oxygen atoms in total. The molecule has 2 atom stereocenters. The maximum absolute atomic E-state index is 13.6. The van der Waals surface area contributed by atoms with Crippen molar-refractivity contribution in [3.63, 3.8) is 0 Å². The van der Waals surface area contributed by atoms with Crippen LogP contribution < -0.4 is 10.6 Å². The molecule has 0 bridgehead atoms. The van der Waals surface area contributed by atoms with Crippen molar-refractivity contribution < 1.29 is 23.8 Å². The van der Waals surface area contributed by atoms with E-state index in [1.165, 1.54) is 0 Å². The van der Waals surface area contributed by atoms with E-state index in [-0.39, 0.29) is 23.9 Å². The van der Waals surface area contributed by atoms with Crippen LogP contribution in [0.1, 0.15) is 10.4 Å². The maximum Gasteiger partial charge on any atom is 0.335 e. The zero-order valence-corrected chi connectivity index (χ0v) is 10.9. The molecule has 20 heavy (non-hydrogen) atoms. The number of carboxylic acid groups (broad SMARTS) is 1. The van der Waals surface area contributed by atoms with Crippen molar-refractivity contribution in [3.05, 3.63) is 29.6 Å². The second-order valence-corrected chi connectivity index (χ2v) is 4.53. The summed E-state index contributed by atoms with van der Waals surface area (Å²) in [5.74, 6) is -2.70. The third kappa shape index (κ3) is 2.94. The molecule has 0 saturated carbocycles. The lowest BCUT2D eigenvalue weighted by Gasteiger charge is -2.16. The number of carbonyl (C=O) groups is 2. The van der Waals surface area contributed by atoms with Gasteiger partial charge in [-0.05, 0) is 25.2 Å². The molecular weight excluding hydrogens is 267 g/mol. The zero-order valence-electron chi connectivity index (χ0n) is 10.9. The van der Waals surface area contributed by atoms with Crippen molar-refractivity contribution in [2.75, 3.05) is 25.6 Å². The summed E-state index contributed by atoms with van der Waals surface area (Å²) in [4.78, 5) is 22.9. The molecule has 108 valence electrons. The lowest BCUT2D eigenvalue weighted by molar-refractivity contribution is -0.120. The Kier molecular flexibility index (Phi) is 4.31. The first-order valence-corrected chi connectivity index (χ1v) is 6.11. The minimum atomic E-state index is -1.18. The van der Waals surface area contributed by atoms with Gasteiger partial charge >= 0.3 is 5.97 Å². The van der Waals surface area contributed by atoms with Crippen molar-refractivity contribution in [2.24, 2.45) is 5.92 Å². The lowest BCUT2D eigenvalue weighted by atomic mass is 10.0. The van der Waals surface area contributed by atoms with E-state index in [0.29, 0.717) is 6.61 Å². The fraction of sp³-hybridized carbons (Fsp3) is 0.385. The third-order valence-electron chi connectivity index (χ3n) is 3.26. The molecule has 1 heterocycles. The van der Waals surface area contributed by atoms with Crippen LogP contribution in [0.15, 0.2) is 18.2 Å². The second kappa shape index (κ2) is 5.98. The van der Waals surface area contributed by atoms with Gasteiger partial charge in [0.15, 0.2) is 0 Å². The van der Waals surface area contributed by atoms with Crippen LogP contribution in [0.5, 0.6) is 0 Å². The quantitative estimate of drug-likeness (QED) is 0.756. The smallest absolute Gasteiger partial charge is 0.335 e. The number of ether oxygens (including phenoxy) is 1. The highest BCUT2D eigenvalue weighted by Gasteiger charge is 2.33. The molecule has 1 saturated heterocycles. The summed E-state index contributed by atoms with van der Waals surface area (Å²) >= 11 is 0. The Balaban J connectivity index is 2.15. The van der Waals surface area contributed by atoms with Crippen LogP contribution in [0, 0.1) is 11.7 Å². The molecular formula is C13H15FN2O4. The van der Waals surface area contributed by atoms with E-state index >= 15 is 0 Å². The highest BCUT2D eigenvalue weighted by molar-refractivity contribution is 5.95. The number of hydrogen-bond donors (Lipinski definition) is 3. The van der Waals surface area contributed by atoms with Crippen LogP contribution in [0.4, 0.5) is 10.1 Å². The average Bonchev–Trinajstić information content (AvgIpc) is 2.89. The van der Waals surface area contributed by atoms with Gasteiger partial charge in [-0.1, -0.05) is 0 Å². The zero-order chi connectivity index (χ0) is 14.7. The lowest BCUT2D eigenvalue weighted by Crippen LogP contribution is -2.39. The molecule has 7 heteroatoms. The molecule has 1 amide bonds. The van der Waals surface area contributed by atoms with Crippen molar-refractivity contribution in [1.82, 2.24) is 5.32 Å². The van der Waals surface area contributed by atoms with Crippen LogP contribution >= 0.6 is 0 Å². The molecule has 1 aliphatic heterocycles. The Morgan fingerprint density at radius 2 is 2.15 bits per heavy atom. The minimum absolute atomic E-state index is 0.0884. The first-order valence-electron chi connectivity index (χ1n) is 6.11.